The summed E-state index contributed by atoms with van der Waals surface area (Å²) in [6.45, 7) is 11.5. The van der Waals surface area contributed by atoms with E-state index >= 15 is 0 Å². The van der Waals surface area contributed by atoms with Gasteiger partial charge < -0.3 is 20.7 Å². The highest BCUT2D eigenvalue weighted by Gasteiger charge is 2.29. The molecule has 0 aliphatic heterocycles. The number of carbonyl (C=O) groups is 1. The lowest BCUT2D eigenvalue weighted by molar-refractivity contribution is -0.124. The van der Waals surface area contributed by atoms with E-state index in [9.17, 15) is 4.79 Å². The Labute approximate surface area is 124 Å². The molecule has 1 atom stereocenters. The molecule has 1 amide bonds. The average Bonchev–Trinajstić information content (AvgIpc) is 2.35. The van der Waals surface area contributed by atoms with Gasteiger partial charge in [0.25, 0.3) is 0 Å². The van der Waals surface area contributed by atoms with Crippen molar-refractivity contribution >= 4 is 5.91 Å². The van der Waals surface area contributed by atoms with Gasteiger partial charge in [-0.15, -0.1) is 0 Å². The van der Waals surface area contributed by atoms with Crippen molar-refractivity contribution in [1.29, 1.82) is 0 Å². The Hall–Kier alpha value is -0.650. The van der Waals surface area contributed by atoms with Crippen molar-refractivity contribution in [1.82, 2.24) is 10.2 Å². The van der Waals surface area contributed by atoms with Crippen LogP contribution in [0.5, 0.6) is 0 Å². The van der Waals surface area contributed by atoms with Gasteiger partial charge in [0.2, 0.25) is 5.91 Å². The van der Waals surface area contributed by atoms with E-state index in [0.29, 0.717) is 0 Å². The monoisotopic (exact) mass is 287 g/mol. The summed E-state index contributed by atoms with van der Waals surface area (Å²) in [5.74, 6) is -0.267. The summed E-state index contributed by atoms with van der Waals surface area (Å²) >= 11 is 0. The van der Waals surface area contributed by atoms with E-state index in [1.807, 2.05) is 20.8 Å². The highest BCUT2D eigenvalue weighted by Crippen LogP contribution is 2.12. The topological polar surface area (TPSA) is 67.6 Å². The normalized spacial score (nSPS) is 14.8. The molecule has 0 aromatic heterocycles. The van der Waals surface area contributed by atoms with Crippen LogP contribution >= 0.6 is 0 Å². The highest BCUT2D eigenvalue weighted by atomic mass is 16.5. The largest absolute Gasteiger partial charge is 0.377 e. The van der Waals surface area contributed by atoms with Gasteiger partial charge >= 0.3 is 0 Å². The summed E-state index contributed by atoms with van der Waals surface area (Å²) in [5, 5.41) is 3.26. The highest BCUT2D eigenvalue weighted by molar-refractivity contribution is 5.84. The van der Waals surface area contributed by atoms with E-state index < -0.39 is 5.54 Å². The fourth-order valence-electron chi connectivity index (χ4n) is 1.96. The van der Waals surface area contributed by atoms with Gasteiger partial charge in [-0.2, -0.15) is 0 Å². The van der Waals surface area contributed by atoms with Crippen molar-refractivity contribution < 1.29 is 9.53 Å². The first-order chi connectivity index (χ1) is 9.31. The molecular formula is C15H33N3O2. The van der Waals surface area contributed by atoms with E-state index in [4.69, 9.17) is 10.5 Å². The molecule has 0 rings (SSSR count). The second kappa shape index (κ2) is 10.1. The second-order valence-corrected chi connectivity index (χ2v) is 5.95. The number of nitrogens with two attached hydrogens (primary N) is 1. The van der Waals surface area contributed by atoms with Crippen molar-refractivity contribution in [2.45, 2.75) is 58.6 Å². The van der Waals surface area contributed by atoms with E-state index in [0.717, 1.165) is 45.5 Å². The van der Waals surface area contributed by atoms with Crippen LogP contribution in [0, 0.1) is 0 Å². The number of rotatable bonds is 12. The van der Waals surface area contributed by atoms with E-state index in [1.54, 1.807) is 0 Å². The SMILES string of the molecule is CCCNC(C)(CCCN(C)CCOC(C)C)C(N)=O. The van der Waals surface area contributed by atoms with Crippen LogP contribution in [0.15, 0.2) is 0 Å². The molecule has 5 nitrogen and oxygen atoms in total. The molecule has 0 radical (unpaired) electrons. The van der Waals surface area contributed by atoms with Gasteiger partial charge in [-0.25, -0.2) is 0 Å². The molecule has 20 heavy (non-hydrogen) atoms. The smallest absolute Gasteiger partial charge is 0.237 e. The molecular weight excluding hydrogens is 254 g/mol. The van der Waals surface area contributed by atoms with Crippen LogP contribution in [-0.4, -0.2) is 55.7 Å². The van der Waals surface area contributed by atoms with E-state index in [1.165, 1.54) is 0 Å². The van der Waals surface area contributed by atoms with Crippen molar-refractivity contribution in [3.8, 4) is 0 Å². The van der Waals surface area contributed by atoms with Crippen molar-refractivity contribution in [3.63, 3.8) is 0 Å². The molecule has 0 spiro atoms. The molecule has 120 valence electrons. The molecule has 0 saturated carbocycles. The number of likely N-dealkylation sites (N-methyl/N-ethyl adjacent to an activating group) is 1. The maximum absolute atomic E-state index is 11.6. The summed E-state index contributed by atoms with van der Waals surface area (Å²) in [4.78, 5) is 13.8. The Morgan fingerprint density at radius 3 is 2.55 bits per heavy atom. The molecule has 3 N–H and O–H groups in total. The number of amides is 1. The third-order valence-corrected chi connectivity index (χ3v) is 3.45. The third kappa shape index (κ3) is 8.51. The maximum atomic E-state index is 11.6. The molecule has 0 bridgehead atoms. The summed E-state index contributed by atoms with van der Waals surface area (Å²) < 4.78 is 5.52. The second-order valence-electron chi connectivity index (χ2n) is 5.95. The van der Waals surface area contributed by atoms with Gasteiger partial charge in [0.1, 0.15) is 0 Å². The number of ether oxygens (including phenoxy) is 1. The molecule has 0 saturated heterocycles. The molecule has 0 fully saturated rings. The minimum absolute atomic E-state index is 0.267. The minimum Gasteiger partial charge on any atom is -0.377 e. The summed E-state index contributed by atoms with van der Waals surface area (Å²) in [7, 11) is 2.07. The Balaban J connectivity index is 3.96. The number of carbonyl (C=O) groups excluding carboxylic acids is 1. The van der Waals surface area contributed by atoms with Crippen LogP contribution in [0.2, 0.25) is 0 Å². The maximum Gasteiger partial charge on any atom is 0.237 e. The van der Waals surface area contributed by atoms with Gasteiger partial charge in [0, 0.05) is 6.54 Å². The molecule has 0 aromatic rings. The van der Waals surface area contributed by atoms with Crippen LogP contribution in [0.25, 0.3) is 0 Å². The van der Waals surface area contributed by atoms with Gasteiger partial charge in [-0.05, 0) is 60.2 Å². The Kier molecular flexibility index (Phi) is 9.80. The van der Waals surface area contributed by atoms with Gasteiger partial charge in [0.05, 0.1) is 18.2 Å². The lowest BCUT2D eigenvalue weighted by Gasteiger charge is -2.28. The summed E-state index contributed by atoms with van der Waals surface area (Å²) in [6.07, 6.45) is 2.97. The van der Waals surface area contributed by atoms with E-state index in [2.05, 4.69) is 24.2 Å². The Morgan fingerprint density at radius 1 is 1.40 bits per heavy atom. The molecule has 5 heteroatoms. The van der Waals surface area contributed by atoms with E-state index in [-0.39, 0.29) is 12.0 Å². The predicted octanol–water partition coefficient (Wildman–Crippen LogP) is 1.37. The lowest BCUT2D eigenvalue weighted by atomic mass is 9.94. The van der Waals surface area contributed by atoms with Crippen LogP contribution in [0.3, 0.4) is 0 Å². The fraction of sp³-hybridized carbons (Fsp3) is 0.933. The molecule has 1 unspecified atom stereocenters. The van der Waals surface area contributed by atoms with Gasteiger partial charge in [-0.3, -0.25) is 4.79 Å². The number of nitrogens with one attached hydrogen (secondary N) is 1. The Bertz CT molecular complexity index is 272. The lowest BCUT2D eigenvalue weighted by Crippen LogP contribution is -2.53. The zero-order chi connectivity index (χ0) is 15.6. The standard InChI is InChI=1S/C15H33N3O2/c1-6-9-17-15(4,14(16)19)8-7-10-18(5)11-12-20-13(2)3/h13,17H,6-12H2,1-5H3,(H2,16,19). The summed E-state index contributed by atoms with van der Waals surface area (Å²) in [5.41, 5.74) is 4.92. The fourth-order valence-corrected chi connectivity index (χ4v) is 1.96. The molecule has 0 aliphatic rings. The van der Waals surface area contributed by atoms with Crippen molar-refractivity contribution in [2.75, 3.05) is 33.3 Å². The minimum atomic E-state index is -0.592. The number of hydrogen-bond acceptors (Lipinski definition) is 4. The molecule has 0 aliphatic carbocycles. The quantitative estimate of drug-likeness (QED) is 0.569. The number of primary amides is 1. The van der Waals surface area contributed by atoms with Gasteiger partial charge in [-0.1, -0.05) is 6.92 Å². The number of nitrogens with zero attached hydrogens (tertiary/aromatic N) is 1. The summed E-state index contributed by atoms with van der Waals surface area (Å²) in [6, 6.07) is 0. The van der Waals surface area contributed by atoms with Gasteiger partial charge in [0.15, 0.2) is 0 Å². The third-order valence-electron chi connectivity index (χ3n) is 3.45. The van der Waals surface area contributed by atoms with Crippen molar-refractivity contribution in [3.05, 3.63) is 0 Å². The zero-order valence-electron chi connectivity index (χ0n) is 13.9. The first-order valence-corrected chi connectivity index (χ1v) is 7.67. The van der Waals surface area contributed by atoms with Crippen LogP contribution in [-0.2, 0) is 9.53 Å². The Morgan fingerprint density at radius 2 is 2.05 bits per heavy atom. The molecule has 0 heterocycles. The zero-order valence-corrected chi connectivity index (χ0v) is 13.9. The van der Waals surface area contributed by atoms with Crippen LogP contribution in [0.4, 0.5) is 0 Å². The first kappa shape index (κ1) is 19.4. The number of hydrogen-bond donors (Lipinski definition) is 2. The first-order valence-electron chi connectivity index (χ1n) is 7.67. The van der Waals surface area contributed by atoms with Crippen LogP contribution in [0.1, 0.15) is 47.0 Å². The molecule has 0 aromatic carbocycles. The predicted molar refractivity (Wildman–Crippen MR) is 83.7 cm³/mol. The average molecular weight is 287 g/mol. The van der Waals surface area contributed by atoms with Crippen LogP contribution < -0.4 is 11.1 Å². The van der Waals surface area contributed by atoms with Crippen molar-refractivity contribution in [2.24, 2.45) is 5.73 Å².